The first-order chi connectivity index (χ1) is 15.6. The van der Waals surface area contributed by atoms with Crippen molar-refractivity contribution >= 4 is 22.8 Å². The summed E-state index contributed by atoms with van der Waals surface area (Å²) in [6, 6.07) is 17.8. The summed E-state index contributed by atoms with van der Waals surface area (Å²) in [4.78, 5) is 20.2. The second-order valence-electron chi connectivity index (χ2n) is 7.43. The SMILES string of the molecule is CCCn1c(Sc2nc3c(cnn3-c3ccccc3)c(=O)[nH]2)nnc1-c1cccc(C)c1. The van der Waals surface area contributed by atoms with Gasteiger partial charge < -0.3 is 9.55 Å². The first-order valence-electron chi connectivity index (χ1n) is 10.4. The highest BCUT2D eigenvalue weighted by molar-refractivity contribution is 7.99. The number of aromatic amines is 1. The molecule has 0 aliphatic heterocycles. The summed E-state index contributed by atoms with van der Waals surface area (Å²) in [5.74, 6) is 0.802. The molecule has 32 heavy (non-hydrogen) atoms. The second-order valence-corrected chi connectivity index (χ2v) is 8.39. The lowest BCUT2D eigenvalue weighted by Gasteiger charge is -2.09. The minimum atomic E-state index is -0.236. The van der Waals surface area contributed by atoms with Crippen LogP contribution in [-0.4, -0.2) is 34.5 Å². The number of hydrogen-bond acceptors (Lipinski definition) is 6. The Kier molecular flexibility index (Phi) is 5.32. The van der Waals surface area contributed by atoms with Gasteiger partial charge in [-0.2, -0.15) is 5.10 Å². The molecule has 0 amide bonds. The molecule has 0 bridgehead atoms. The Morgan fingerprint density at radius 1 is 1.06 bits per heavy atom. The molecule has 0 atom stereocenters. The van der Waals surface area contributed by atoms with E-state index in [9.17, 15) is 4.79 Å². The Morgan fingerprint density at radius 2 is 1.91 bits per heavy atom. The fourth-order valence-corrected chi connectivity index (χ4v) is 4.40. The van der Waals surface area contributed by atoms with Crippen LogP contribution in [0.2, 0.25) is 0 Å². The van der Waals surface area contributed by atoms with E-state index in [1.807, 2.05) is 42.5 Å². The number of aryl methyl sites for hydroxylation is 1. The van der Waals surface area contributed by atoms with Gasteiger partial charge in [-0.05, 0) is 43.3 Å². The zero-order valence-corrected chi connectivity index (χ0v) is 18.5. The number of rotatable bonds is 6. The number of nitrogens with zero attached hydrogens (tertiary/aromatic N) is 6. The average molecular weight is 444 g/mol. The first kappa shape index (κ1) is 20.2. The zero-order valence-electron chi connectivity index (χ0n) is 17.7. The molecule has 3 heterocycles. The molecule has 2 aromatic carbocycles. The normalized spacial score (nSPS) is 11.3. The van der Waals surface area contributed by atoms with Crippen LogP contribution in [0, 0.1) is 6.92 Å². The lowest BCUT2D eigenvalue weighted by molar-refractivity contribution is 0.625. The molecule has 0 unspecified atom stereocenters. The molecule has 160 valence electrons. The van der Waals surface area contributed by atoms with E-state index < -0.39 is 0 Å². The molecule has 5 aromatic rings. The van der Waals surface area contributed by atoms with E-state index in [4.69, 9.17) is 4.98 Å². The van der Waals surface area contributed by atoms with Crippen LogP contribution in [0.1, 0.15) is 18.9 Å². The van der Waals surface area contributed by atoms with E-state index >= 15 is 0 Å². The van der Waals surface area contributed by atoms with Crippen LogP contribution in [-0.2, 0) is 6.54 Å². The molecular weight excluding hydrogens is 422 g/mol. The molecule has 1 N–H and O–H groups in total. The van der Waals surface area contributed by atoms with E-state index in [2.05, 4.69) is 50.8 Å². The van der Waals surface area contributed by atoms with Crippen LogP contribution in [0.25, 0.3) is 28.1 Å². The van der Waals surface area contributed by atoms with Gasteiger partial charge in [0.1, 0.15) is 5.39 Å². The third-order valence-corrected chi connectivity index (χ3v) is 5.92. The van der Waals surface area contributed by atoms with E-state index in [1.165, 1.54) is 18.0 Å². The lowest BCUT2D eigenvalue weighted by Crippen LogP contribution is -2.10. The van der Waals surface area contributed by atoms with Crippen molar-refractivity contribution in [3.63, 3.8) is 0 Å². The number of benzene rings is 2. The fourth-order valence-electron chi connectivity index (χ4n) is 3.58. The van der Waals surface area contributed by atoms with Gasteiger partial charge >= 0.3 is 0 Å². The van der Waals surface area contributed by atoms with Crippen molar-refractivity contribution in [2.45, 2.75) is 37.1 Å². The monoisotopic (exact) mass is 443 g/mol. The molecule has 3 aromatic heterocycles. The largest absolute Gasteiger partial charge is 0.302 e. The summed E-state index contributed by atoms with van der Waals surface area (Å²) in [5.41, 5.74) is 3.28. The number of aromatic nitrogens is 7. The molecule has 0 radical (unpaired) electrons. The molecule has 0 aliphatic carbocycles. The number of H-pyrrole nitrogens is 1. The van der Waals surface area contributed by atoms with Crippen molar-refractivity contribution in [1.82, 2.24) is 34.5 Å². The highest BCUT2D eigenvalue weighted by Gasteiger charge is 2.18. The van der Waals surface area contributed by atoms with Gasteiger partial charge in [0, 0.05) is 12.1 Å². The minimum Gasteiger partial charge on any atom is -0.302 e. The Hall–Kier alpha value is -3.72. The molecule has 0 aliphatic rings. The van der Waals surface area contributed by atoms with Gasteiger partial charge in [-0.25, -0.2) is 9.67 Å². The van der Waals surface area contributed by atoms with Crippen LogP contribution < -0.4 is 5.56 Å². The van der Waals surface area contributed by atoms with Crippen molar-refractivity contribution in [1.29, 1.82) is 0 Å². The Morgan fingerprint density at radius 3 is 2.69 bits per heavy atom. The second kappa shape index (κ2) is 8.43. The topological polar surface area (TPSA) is 94.3 Å². The quantitative estimate of drug-likeness (QED) is 0.395. The van der Waals surface area contributed by atoms with E-state index in [-0.39, 0.29) is 5.56 Å². The van der Waals surface area contributed by atoms with Crippen molar-refractivity contribution < 1.29 is 0 Å². The Bertz CT molecular complexity index is 1450. The van der Waals surface area contributed by atoms with Gasteiger partial charge in [0.2, 0.25) is 0 Å². The van der Waals surface area contributed by atoms with Gasteiger partial charge in [-0.15, -0.1) is 10.2 Å². The third kappa shape index (κ3) is 3.71. The van der Waals surface area contributed by atoms with Gasteiger partial charge in [0.25, 0.3) is 5.56 Å². The van der Waals surface area contributed by atoms with E-state index in [0.29, 0.717) is 21.3 Å². The maximum absolute atomic E-state index is 12.7. The third-order valence-electron chi connectivity index (χ3n) is 5.05. The summed E-state index contributed by atoms with van der Waals surface area (Å²) >= 11 is 1.29. The Balaban J connectivity index is 1.57. The summed E-state index contributed by atoms with van der Waals surface area (Å²) in [6.45, 7) is 4.92. The summed E-state index contributed by atoms with van der Waals surface area (Å²) in [6.07, 6.45) is 2.46. The van der Waals surface area contributed by atoms with Gasteiger partial charge in [-0.1, -0.05) is 48.9 Å². The van der Waals surface area contributed by atoms with Gasteiger partial charge in [0.15, 0.2) is 21.8 Å². The molecule has 5 rings (SSSR count). The van der Waals surface area contributed by atoms with Gasteiger partial charge in [-0.3, -0.25) is 4.79 Å². The smallest absolute Gasteiger partial charge is 0.262 e. The maximum Gasteiger partial charge on any atom is 0.262 e. The standard InChI is InChI=1S/C23H21N7OS/c1-3-12-29-19(16-9-7-8-15(2)13-16)27-28-23(29)32-22-25-20-18(21(31)26-22)14-24-30(20)17-10-5-4-6-11-17/h4-11,13-14H,3,12H2,1-2H3,(H,25,26,31). The molecular formula is C23H21N7OS. The lowest BCUT2D eigenvalue weighted by atomic mass is 10.1. The van der Waals surface area contributed by atoms with E-state index in [0.717, 1.165) is 35.6 Å². The predicted octanol–water partition coefficient (Wildman–Crippen LogP) is 4.24. The van der Waals surface area contributed by atoms with Crippen molar-refractivity contribution in [3.8, 4) is 17.1 Å². The van der Waals surface area contributed by atoms with Crippen molar-refractivity contribution in [2.24, 2.45) is 0 Å². The molecule has 9 heteroatoms. The molecule has 0 saturated heterocycles. The summed E-state index contributed by atoms with van der Waals surface area (Å²) in [5, 5.41) is 14.8. The number of fused-ring (bicyclic) bond motifs is 1. The summed E-state index contributed by atoms with van der Waals surface area (Å²) in [7, 11) is 0. The molecule has 0 fully saturated rings. The fraction of sp³-hybridized carbons (Fsp3) is 0.174. The number of hydrogen-bond donors (Lipinski definition) is 1. The predicted molar refractivity (Wildman–Crippen MR) is 124 cm³/mol. The molecule has 0 saturated carbocycles. The van der Waals surface area contributed by atoms with Crippen LogP contribution in [0.3, 0.4) is 0 Å². The number of para-hydroxylation sites is 1. The van der Waals surface area contributed by atoms with Crippen LogP contribution >= 0.6 is 11.8 Å². The first-order valence-corrected chi connectivity index (χ1v) is 11.2. The Labute approximate surface area is 188 Å². The highest BCUT2D eigenvalue weighted by atomic mass is 32.2. The van der Waals surface area contributed by atoms with Crippen LogP contribution in [0.15, 0.2) is 75.9 Å². The molecule has 8 nitrogen and oxygen atoms in total. The van der Waals surface area contributed by atoms with Crippen LogP contribution in [0.5, 0.6) is 0 Å². The van der Waals surface area contributed by atoms with Crippen molar-refractivity contribution in [3.05, 3.63) is 76.7 Å². The highest BCUT2D eigenvalue weighted by Crippen LogP contribution is 2.28. The number of nitrogens with one attached hydrogen (secondary N) is 1. The zero-order chi connectivity index (χ0) is 22.1. The molecule has 0 spiro atoms. The minimum absolute atomic E-state index is 0.236. The van der Waals surface area contributed by atoms with Crippen molar-refractivity contribution in [2.75, 3.05) is 0 Å². The van der Waals surface area contributed by atoms with E-state index in [1.54, 1.807) is 4.68 Å². The van der Waals surface area contributed by atoms with Gasteiger partial charge in [0.05, 0.1) is 11.9 Å². The summed E-state index contributed by atoms with van der Waals surface area (Å²) < 4.78 is 3.74. The maximum atomic E-state index is 12.7. The average Bonchev–Trinajstić information content (AvgIpc) is 3.40. The van der Waals surface area contributed by atoms with Crippen LogP contribution in [0.4, 0.5) is 0 Å².